The highest BCUT2D eigenvalue weighted by Gasteiger charge is 2.12. The number of ether oxygens (including phenoxy) is 1. The van der Waals surface area contributed by atoms with Crippen LogP contribution in [-0.2, 0) is 9.53 Å². The van der Waals surface area contributed by atoms with Gasteiger partial charge in [-0.05, 0) is 12.1 Å². The molecule has 1 atom stereocenters. The van der Waals surface area contributed by atoms with Crippen molar-refractivity contribution in [1.82, 2.24) is 4.98 Å². The molecule has 102 valence electrons. The molecule has 0 radical (unpaired) electrons. The van der Waals surface area contributed by atoms with Gasteiger partial charge < -0.3 is 20.2 Å². The van der Waals surface area contributed by atoms with Crippen molar-refractivity contribution in [3.8, 4) is 0 Å². The minimum Gasteiger partial charge on any atom is -0.441 e. The number of nitrogens with zero attached hydrogens (tertiary/aromatic N) is 1. The maximum absolute atomic E-state index is 11.8. The van der Waals surface area contributed by atoms with Gasteiger partial charge in [-0.25, -0.2) is 4.98 Å². The number of aromatic nitrogens is 1. The fourth-order valence-electron chi connectivity index (χ4n) is 1.80. The van der Waals surface area contributed by atoms with E-state index in [1.807, 2.05) is 0 Å². The van der Waals surface area contributed by atoms with Gasteiger partial charge in [0, 0.05) is 32.3 Å². The molecule has 1 aromatic heterocycles. The number of oxazole rings is 1. The number of fused-ring (bicyclic) bond motifs is 1. The van der Waals surface area contributed by atoms with Gasteiger partial charge in [0.05, 0.1) is 12.5 Å². The highest BCUT2D eigenvalue weighted by atomic mass is 16.5. The molecule has 6 heteroatoms. The fourth-order valence-corrected chi connectivity index (χ4v) is 1.80. The van der Waals surface area contributed by atoms with Crippen LogP contribution in [0.5, 0.6) is 0 Å². The molecule has 0 fully saturated rings. The van der Waals surface area contributed by atoms with Gasteiger partial charge in [-0.3, -0.25) is 4.79 Å². The first-order valence-corrected chi connectivity index (χ1v) is 6.02. The predicted molar refractivity (Wildman–Crippen MR) is 71.8 cm³/mol. The number of carbonyl (C=O) groups is 1. The molecular formula is C13H17N3O3. The molecule has 0 spiro atoms. The lowest BCUT2D eigenvalue weighted by Crippen LogP contribution is -2.28. The van der Waals surface area contributed by atoms with Crippen molar-refractivity contribution in [3.05, 3.63) is 24.1 Å². The lowest BCUT2D eigenvalue weighted by molar-refractivity contribution is -0.118. The van der Waals surface area contributed by atoms with Crippen LogP contribution in [0, 0.1) is 6.92 Å². The number of benzene rings is 1. The van der Waals surface area contributed by atoms with Gasteiger partial charge >= 0.3 is 0 Å². The van der Waals surface area contributed by atoms with E-state index in [2.05, 4.69) is 10.3 Å². The van der Waals surface area contributed by atoms with Crippen LogP contribution in [0.25, 0.3) is 11.1 Å². The standard InChI is InChI=1S/C13H17N3O3/c1-8-15-11-4-3-9(5-12(11)19-8)16-13(17)6-10(7-14)18-2/h3-5,10H,6-7,14H2,1-2H3,(H,16,17). The quantitative estimate of drug-likeness (QED) is 0.851. The Balaban J connectivity index is 2.06. The van der Waals surface area contributed by atoms with Crippen LogP contribution in [0.1, 0.15) is 12.3 Å². The van der Waals surface area contributed by atoms with Gasteiger partial charge in [0.1, 0.15) is 5.52 Å². The number of nitrogens with two attached hydrogens (primary N) is 1. The summed E-state index contributed by atoms with van der Waals surface area (Å²) in [5.41, 5.74) is 7.56. The van der Waals surface area contributed by atoms with Gasteiger partial charge in [0.25, 0.3) is 0 Å². The minimum absolute atomic E-state index is 0.145. The summed E-state index contributed by atoms with van der Waals surface area (Å²) in [6.07, 6.45) is -0.0447. The van der Waals surface area contributed by atoms with Gasteiger partial charge in [-0.2, -0.15) is 0 Å². The van der Waals surface area contributed by atoms with E-state index in [9.17, 15) is 4.79 Å². The molecule has 0 aliphatic heterocycles. The molecule has 0 saturated heterocycles. The van der Waals surface area contributed by atoms with Gasteiger partial charge in [-0.1, -0.05) is 0 Å². The molecule has 2 aromatic rings. The number of nitrogens with one attached hydrogen (secondary N) is 1. The maximum atomic E-state index is 11.8. The summed E-state index contributed by atoms with van der Waals surface area (Å²) in [4.78, 5) is 16.0. The number of amides is 1. The minimum atomic E-state index is -0.267. The number of rotatable bonds is 5. The Kier molecular flexibility index (Phi) is 4.13. The van der Waals surface area contributed by atoms with E-state index in [0.717, 1.165) is 5.52 Å². The van der Waals surface area contributed by atoms with Crippen LogP contribution >= 0.6 is 0 Å². The van der Waals surface area contributed by atoms with Gasteiger partial charge in [0.2, 0.25) is 5.91 Å². The molecule has 0 bridgehead atoms. The van der Waals surface area contributed by atoms with Crippen LogP contribution < -0.4 is 11.1 Å². The Labute approximate surface area is 110 Å². The predicted octanol–water partition coefficient (Wildman–Crippen LogP) is 1.44. The van der Waals surface area contributed by atoms with Crippen molar-refractivity contribution in [1.29, 1.82) is 0 Å². The third kappa shape index (κ3) is 3.30. The molecule has 1 amide bonds. The Morgan fingerprint density at radius 1 is 1.58 bits per heavy atom. The third-order valence-corrected chi connectivity index (χ3v) is 2.79. The van der Waals surface area contributed by atoms with Crippen LogP contribution in [0.2, 0.25) is 0 Å². The summed E-state index contributed by atoms with van der Waals surface area (Å²) < 4.78 is 10.5. The van der Waals surface area contributed by atoms with Gasteiger partial charge in [-0.15, -0.1) is 0 Å². The van der Waals surface area contributed by atoms with Crippen molar-refractivity contribution in [2.24, 2.45) is 5.73 Å². The number of hydrogen-bond acceptors (Lipinski definition) is 5. The van der Waals surface area contributed by atoms with E-state index in [-0.39, 0.29) is 18.4 Å². The van der Waals surface area contributed by atoms with E-state index in [4.69, 9.17) is 14.9 Å². The monoisotopic (exact) mass is 263 g/mol. The Morgan fingerprint density at radius 3 is 3.05 bits per heavy atom. The molecule has 0 saturated carbocycles. The first kappa shape index (κ1) is 13.5. The van der Waals surface area contributed by atoms with E-state index in [1.54, 1.807) is 25.1 Å². The molecule has 1 heterocycles. The summed E-state index contributed by atoms with van der Waals surface area (Å²) in [5.74, 6) is 0.453. The summed E-state index contributed by atoms with van der Waals surface area (Å²) >= 11 is 0. The van der Waals surface area contributed by atoms with Crippen LogP contribution in [0.15, 0.2) is 22.6 Å². The average Bonchev–Trinajstić information content (AvgIpc) is 2.75. The smallest absolute Gasteiger partial charge is 0.227 e. The second-order valence-corrected chi connectivity index (χ2v) is 4.26. The van der Waals surface area contributed by atoms with E-state index in [0.29, 0.717) is 23.7 Å². The summed E-state index contributed by atoms with van der Waals surface area (Å²) in [6, 6.07) is 5.34. The Bertz CT molecular complexity index is 576. The number of aryl methyl sites for hydroxylation is 1. The SMILES string of the molecule is COC(CN)CC(=O)Nc1ccc2nc(C)oc2c1. The van der Waals surface area contributed by atoms with Crippen molar-refractivity contribution < 1.29 is 13.9 Å². The van der Waals surface area contributed by atoms with Crippen LogP contribution in [0.4, 0.5) is 5.69 Å². The second-order valence-electron chi connectivity index (χ2n) is 4.26. The average molecular weight is 263 g/mol. The normalized spacial score (nSPS) is 12.6. The van der Waals surface area contributed by atoms with Crippen molar-refractivity contribution >= 4 is 22.7 Å². The van der Waals surface area contributed by atoms with Crippen molar-refractivity contribution in [2.75, 3.05) is 19.0 Å². The molecule has 0 aliphatic carbocycles. The zero-order chi connectivity index (χ0) is 13.8. The molecular weight excluding hydrogens is 246 g/mol. The first-order chi connectivity index (χ1) is 9.12. The fraction of sp³-hybridized carbons (Fsp3) is 0.385. The Hall–Kier alpha value is -1.92. The van der Waals surface area contributed by atoms with Crippen molar-refractivity contribution in [2.45, 2.75) is 19.4 Å². The first-order valence-electron chi connectivity index (χ1n) is 6.02. The van der Waals surface area contributed by atoms with E-state index < -0.39 is 0 Å². The Morgan fingerprint density at radius 2 is 2.37 bits per heavy atom. The van der Waals surface area contributed by atoms with E-state index in [1.165, 1.54) is 7.11 Å². The number of anilines is 1. The zero-order valence-electron chi connectivity index (χ0n) is 11.0. The summed E-state index contributed by atoms with van der Waals surface area (Å²) in [5, 5.41) is 2.78. The van der Waals surface area contributed by atoms with Gasteiger partial charge in [0.15, 0.2) is 11.5 Å². The summed E-state index contributed by atoms with van der Waals surface area (Å²) in [7, 11) is 1.54. The number of methoxy groups -OCH3 is 1. The van der Waals surface area contributed by atoms with Crippen LogP contribution in [0.3, 0.4) is 0 Å². The second kappa shape index (κ2) is 5.81. The molecule has 1 unspecified atom stereocenters. The maximum Gasteiger partial charge on any atom is 0.227 e. The largest absolute Gasteiger partial charge is 0.441 e. The van der Waals surface area contributed by atoms with Crippen molar-refractivity contribution in [3.63, 3.8) is 0 Å². The highest BCUT2D eigenvalue weighted by Crippen LogP contribution is 2.20. The number of hydrogen-bond donors (Lipinski definition) is 2. The lowest BCUT2D eigenvalue weighted by Gasteiger charge is -2.12. The van der Waals surface area contributed by atoms with Crippen LogP contribution in [-0.4, -0.2) is 30.6 Å². The third-order valence-electron chi connectivity index (χ3n) is 2.79. The van der Waals surface area contributed by atoms with E-state index >= 15 is 0 Å². The zero-order valence-corrected chi connectivity index (χ0v) is 11.0. The topological polar surface area (TPSA) is 90.4 Å². The molecule has 2 rings (SSSR count). The summed E-state index contributed by atoms with van der Waals surface area (Å²) in [6.45, 7) is 2.09. The molecule has 3 N–H and O–H groups in total. The lowest BCUT2D eigenvalue weighted by atomic mass is 10.2. The molecule has 1 aromatic carbocycles. The molecule has 6 nitrogen and oxygen atoms in total. The molecule has 19 heavy (non-hydrogen) atoms. The number of carbonyl (C=O) groups excluding carboxylic acids is 1. The molecule has 0 aliphatic rings. The highest BCUT2D eigenvalue weighted by molar-refractivity contribution is 5.93.